The molecule has 0 amide bonds. The highest BCUT2D eigenvalue weighted by atomic mass is 31.1. The molecule has 4 N–H and O–H groups in total. The van der Waals surface area contributed by atoms with Crippen molar-refractivity contribution in [3.05, 3.63) is 45.1 Å². The van der Waals surface area contributed by atoms with Gasteiger partial charge in [-0.2, -0.15) is 0 Å². The van der Waals surface area contributed by atoms with Crippen LogP contribution in [0.2, 0.25) is 0 Å². The summed E-state index contributed by atoms with van der Waals surface area (Å²) in [5, 5.41) is 20.1. The number of carbonyl (C=O) groups is 1. The van der Waals surface area contributed by atoms with Crippen molar-refractivity contribution in [3.63, 3.8) is 0 Å². The van der Waals surface area contributed by atoms with Gasteiger partial charge in [0.2, 0.25) is 5.82 Å². The number of hydrogen-bond acceptors (Lipinski definition) is 10. The van der Waals surface area contributed by atoms with Gasteiger partial charge in [0.1, 0.15) is 31.1 Å². The van der Waals surface area contributed by atoms with Crippen molar-refractivity contribution in [2.75, 3.05) is 6.61 Å². The Bertz CT molecular complexity index is 982. The second kappa shape index (κ2) is 7.50. The van der Waals surface area contributed by atoms with Crippen molar-refractivity contribution in [2.24, 2.45) is 0 Å². The molecule has 1 aliphatic rings. The maximum absolute atomic E-state index is 11.9. The van der Waals surface area contributed by atoms with Gasteiger partial charge in [-0.15, -0.1) is 0 Å². The summed E-state index contributed by atoms with van der Waals surface area (Å²) in [5.41, 5.74) is -1.78. The van der Waals surface area contributed by atoms with Gasteiger partial charge in [0.05, 0.1) is 0 Å². The molecule has 0 radical (unpaired) electrons. The quantitative estimate of drug-likeness (QED) is 0.288. The minimum Gasteiger partial charge on any atom is -0.589 e. The second-order valence-electron chi connectivity index (χ2n) is 5.54. The lowest BCUT2D eigenvalue weighted by molar-refractivity contribution is -0.160. The SMILES string of the molecule is O=C(OCC1OC(n2ccc(=O)[nH]c2=O)C(O)C1O)c1ncc([P+](=O)[O-])[nH]1. The number of aromatic amines is 2. The van der Waals surface area contributed by atoms with Gasteiger partial charge in [0.25, 0.3) is 11.0 Å². The van der Waals surface area contributed by atoms with Gasteiger partial charge in [-0.3, -0.25) is 19.3 Å². The lowest BCUT2D eigenvalue weighted by atomic mass is 10.1. The summed E-state index contributed by atoms with van der Waals surface area (Å²) in [7, 11) is -2.95. The molecular formula is C13H13N4O9P. The molecule has 144 valence electrons. The van der Waals surface area contributed by atoms with E-state index in [1.807, 2.05) is 4.98 Å². The molecule has 5 unspecified atom stereocenters. The Hall–Kier alpha value is -2.70. The maximum atomic E-state index is 11.9. The van der Waals surface area contributed by atoms with Gasteiger partial charge < -0.3 is 24.6 Å². The number of imidazole rings is 1. The van der Waals surface area contributed by atoms with E-state index >= 15 is 0 Å². The topological polar surface area (TPSA) is 200 Å². The van der Waals surface area contributed by atoms with Crippen molar-refractivity contribution in [3.8, 4) is 0 Å². The van der Waals surface area contributed by atoms with Gasteiger partial charge in [0.15, 0.2) is 6.23 Å². The van der Waals surface area contributed by atoms with E-state index in [1.165, 1.54) is 0 Å². The number of esters is 1. The summed E-state index contributed by atoms with van der Waals surface area (Å²) in [6.07, 6.45) is -3.50. The molecule has 27 heavy (non-hydrogen) atoms. The average molecular weight is 400 g/mol. The summed E-state index contributed by atoms with van der Waals surface area (Å²) in [4.78, 5) is 53.3. The Balaban J connectivity index is 1.67. The maximum Gasteiger partial charge on any atom is 0.374 e. The van der Waals surface area contributed by atoms with Gasteiger partial charge in [-0.25, -0.2) is 14.6 Å². The van der Waals surface area contributed by atoms with Crippen molar-refractivity contribution in [1.29, 1.82) is 0 Å². The third-order valence-corrected chi connectivity index (χ3v) is 4.41. The van der Waals surface area contributed by atoms with Crippen LogP contribution in [0, 0.1) is 0 Å². The molecule has 3 rings (SSSR count). The number of ether oxygens (including phenoxy) is 2. The molecule has 1 aliphatic heterocycles. The molecule has 0 aromatic carbocycles. The van der Waals surface area contributed by atoms with Gasteiger partial charge in [0, 0.05) is 12.3 Å². The molecule has 2 aromatic heterocycles. The van der Waals surface area contributed by atoms with Crippen LogP contribution in [-0.4, -0.2) is 60.6 Å². The first kappa shape index (κ1) is 19.1. The van der Waals surface area contributed by atoms with E-state index in [9.17, 15) is 34.1 Å². The summed E-state index contributed by atoms with van der Waals surface area (Å²) in [6, 6.07) is 1.03. The van der Waals surface area contributed by atoms with Gasteiger partial charge in [-0.05, 0) is 0 Å². The number of hydrogen-bond donors (Lipinski definition) is 4. The van der Waals surface area contributed by atoms with Gasteiger partial charge >= 0.3 is 19.7 Å². The number of aromatic nitrogens is 4. The van der Waals surface area contributed by atoms with E-state index < -0.39 is 56.4 Å². The summed E-state index contributed by atoms with van der Waals surface area (Å²) >= 11 is 0. The number of nitrogens with one attached hydrogen (secondary N) is 2. The standard InChI is InChI=1S/C13H13N4O9P/c18-6-1-2-17(13(22)15-6)11-9(20)8(19)5(26-11)4-25-12(21)10-14-3-7(16-10)27(23)24/h1-3,5,8-9,11,19-20H,4H2,(H,14,16)(H,15,18,22). The lowest BCUT2D eigenvalue weighted by Gasteiger charge is -2.16. The Kier molecular flexibility index (Phi) is 5.30. The molecular weight excluding hydrogens is 387 g/mol. The average Bonchev–Trinajstić information content (AvgIpc) is 3.21. The fraction of sp³-hybridized carbons (Fsp3) is 0.385. The number of rotatable bonds is 5. The van der Waals surface area contributed by atoms with Crippen LogP contribution >= 0.6 is 8.03 Å². The van der Waals surface area contributed by atoms with Crippen LogP contribution in [0.1, 0.15) is 16.8 Å². The van der Waals surface area contributed by atoms with Crippen molar-refractivity contribution >= 4 is 19.4 Å². The number of aliphatic hydroxyl groups is 2. The largest absolute Gasteiger partial charge is 0.589 e. The van der Waals surface area contributed by atoms with Crippen molar-refractivity contribution < 1.29 is 33.9 Å². The highest BCUT2D eigenvalue weighted by molar-refractivity contribution is 7.45. The molecule has 0 aliphatic carbocycles. The number of nitrogens with zero attached hydrogens (tertiary/aromatic N) is 2. The molecule has 5 atom stereocenters. The van der Waals surface area contributed by atoms with Crippen LogP contribution in [0.5, 0.6) is 0 Å². The number of carbonyl (C=O) groups excluding carboxylic acids is 1. The molecule has 0 bridgehead atoms. The lowest BCUT2D eigenvalue weighted by Crippen LogP contribution is -2.37. The van der Waals surface area contributed by atoms with E-state index in [2.05, 4.69) is 9.97 Å². The Morgan fingerprint density at radius 1 is 1.37 bits per heavy atom. The zero-order chi connectivity index (χ0) is 19.7. The van der Waals surface area contributed by atoms with Crippen LogP contribution in [-0.2, 0) is 14.0 Å². The second-order valence-corrected chi connectivity index (χ2v) is 6.53. The van der Waals surface area contributed by atoms with Gasteiger partial charge in [-0.1, -0.05) is 4.57 Å². The first-order valence-electron chi connectivity index (χ1n) is 7.47. The number of H-pyrrole nitrogens is 2. The highest BCUT2D eigenvalue weighted by Gasteiger charge is 2.44. The minimum atomic E-state index is -2.95. The smallest absolute Gasteiger partial charge is 0.374 e. The predicted molar refractivity (Wildman–Crippen MR) is 83.4 cm³/mol. The molecule has 3 heterocycles. The van der Waals surface area contributed by atoms with Crippen LogP contribution in [0.3, 0.4) is 0 Å². The van der Waals surface area contributed by atoms with Crippen LogP contribution in [0.15, 0.2) is 28.0 Å². The Morgan fingerprint density at radius 2 is 2.11 bits per heavy atom. The van der Waals surface area contributed by atoms with E-state index in [-0.39, 0.29) is 11.3 Å². The molecule has 13 nitrogen and oxygen atoms in total. The Morgan fingerprint density at radius 3 is 2.74 bits per heavy atom. The van der Waals surface area contributed by atoms with Crippen LogP contribution in [0.25, 0.3) is 0 Å². The molecule has 2 aromatic rings. The summed E-state index contributed by atoms with van der Waals surface area (Å²) < 4.78 is 21.9. The first-order chi connectivity index (χ1) is 12.8. The molecule has 1 saturated heterocycles. The summed E-state index contributed by atoms with van der Waals surface area (Å²) in [6.45, 7) is -0.509. The highest BCUT2D eigenvalue weighted by Crippen LogP contribution is 2.28. The summed E-state index contributed by atoms with van der Waals surface area (Å²) in [5.74, 6) is -1.38. The van der Waals surface area contributed by atoms with E-state index in [0.29, 0.717) is 0 Å². The fourth-order valence-corrected chi connectivity index (χ4v) is 2.81. The molecule has 0 saturated carbocycles. The molecule has 14 heteroatoms. The monoisotopic (exact) mass is 400 g/mol. The zero-order valence-electron chi connectivity index (χ0n) is 13.3. The van der Waals surface area contributed by atoms with Crippen LogP contribution < -0.4 is 21.6 Å². The van der Waals surface area contributed by atoms with E-state index in [1.54, 1.807) is 0 Å². The van der Waals surface area contributed by atoms with E-state index in [0.717, 1.165) is 23.0 Å². The fourth-order valence-electron chi connectivity index (χ4n) is 2.46. The molecule has 1 fully saturated rings. The molecule has 0 spiro atoms. The van der Waals surface area contributed by atoms with E-state index in [4.69, 9.17) is 9.47 Å². The van der Waals surface area contributed by atoms with Crippen molar-refractivity contribution in [1.82, 2.24) is 19.5 Å². The normalized spacial score (nSPS) is 25.4. The zero-order valence-corrected chi connectivity index (χ0v) is 14.2. The minimum absolute atomic E-state index is 0.276. The van der Waals surface area contributed by atoms with Crippen LogP contribution in [0.4, 0.5) is 0 Å². The van der Waals surface area contributed by atoms with Crippen molar-refractivity contribution in [2.45, 2.75) is 24.5 Å². The first-order valence-corrected chi connectivity index (χ1v) is 8.65. The predicted octanol–water partition coefficient (Wildman–Crippen LogP) is -3.54. The Labute approximate surface area is 150 Å². The third-order valence-electron chi connectivity index (χ3n) is 3.79. The number of aliphatic hydroxyl groups excluding tert-OH is 2. The third kappa shape index (κ3) is 3.86.